The van der Waals surface area contributed by atoms with Gasteiger partial charge >= 0.3 is 0 Å². The van der Waals surface area contributed by atoms with Gasteiger partial charge in [0.25, 0.3) is 0 Å². The van der Waals surface area contributed by atoms with Crippen LogP contribution < -0.4 is 0 Å². The zero-order valence-corrected chi connectivity index (χ0v) is 7.99. The molecule has 11 heavy (non-hydrogen) atoms. The molecule has 1 fully saturated rings. The van der Waals surface area contributed by atoms with Crippen LogP contribution in [-0.4, -0.2) is 41.3 Å². The highest BCUT2D eigenvalue weighted by Crippen LogP contribution is 2.15. The number of ketones is 1. The van der Waals surface area contributed by atoms with Crippen LogP contribution in [0.25, 0.3) is 0 Å². The van der Waals surface area contributed by atoms with E-state index >= 15 is 0 Å². The summed E-state index contributed by atoms with van der Waals surface area (Å²) in [6.45, 7) is 5.57. The normalized spacial score (nSPS) is 26.9. The molecule has 0 bridgehead atoms. The maximum absolute atomic E-state index is 10.8. The number of hydrogen-bond acceptors (Lipinski definition) is 3. The molecule has 0 aromatic carbocycles. The molecule has 0 saturated carbocycles. The van der Waals surface area contributed by atoms with Crippen LogP contribution >= 0.6 is 11.8 Å². The van der Waals surface area contributed by atoms with Gasteiger partial charge < -0.3 is 0 Å². The van der Waals surface area contributed by atoms with E-state index in [1.54, 1.807) is 6.92 Å². The minimum absolute atomic E-state index is 0.281. The van der Waals surface area contributed by atoms with Gasteiger partial charge in [-0.05, 0) is 13.8 Å². The van der Waals surface area contributed by atoms with Crippen LogP contribution in [0.3, 0.4) is 0 Å². The molecule has 0 radical (unpaired) electrons. The maximum Gasteiger partial charge on any atom is 0.143 e. The lowest BCUT2D eigenvalue weighted by Crippen LogP contribution is -2.42. The minimum atomic E-state index is 0.281. The van der Waals surface area contributed by atoms with E-state index in [1.807, 2.05) is 11.8 Å². The average molecular weight is 173 g/mol. The third-order valence-corrected chi connectivity index (χ3v) is 3.12. The molecule has 0 aliphatic carbocycles. The van der Waals surface area contributed by atoms with Gasteiger partial charge in [0, 0.05) is 24.1 Å². The fraction of sp³-hybridized carbons (Fsp3) is 0.875. The lowest BCUT2D eigenvalue weighted by atomic mass is 10.3. The van der Waals surface area contributed by atoms with Crippen molar-refractivity contribution in [3.05, 3.63) is 0 Å². The topological polar surface area (TPSA) is 20.3 Å². The van der Waals surface area contributed by atoms with E-state index < -0.39 is 0 Å². The zero-order chi connectivity index (χ0) is 8.27. The van der Waals surface area contributed by atoms with Crippen molar-refractivity contribution in [2.75, 3.05) is 24.6 Å². The van der Waals surface area contributed by atoms with E-state index in [2.05, 4.69) is 11.8 Å². The molecule has 0 amide bonds. The van der Waals surface area contributed by atoms with Gasteiger partial charge in [-0.3, -0.25) is 9.69 Å². The molecule has 0 spiro atoms. The number of carbonyl (C=O) groups excluding carboxylic acids is 1. The van der Waals surface area contributed by atoms with Gasteiger partial charge in [0.15, 0.2) is 0 Å². The molecule has 1 saturated heterocycles. The predicted octanol–water partition coefficient (Wildman–Crippen LogP) is 1.01. The number of Topliss-reactive ketones (excluding diaryl/α,β-unsaturated/α-hetero) is 1. The van der Waals surface area contributed by atoms with Crippen LogP contribution in [0.2, 0.25) is 0 Å². The molecule has 1 rings (SSSR count). The van der Waals surface area contributed by atoms with Crippen molar-refractivity contribution in [2.24, 2.45) is 0 Å². The summed E-state index contributed by atoms with van der Waals surface area (Å²) in [6.07, 6.45) is 0. The fourth-order valence-corrected chi connectivity index (χ4v) is 2.36. The molecule has 1 heterocycles. The summed E-state index contributed by atoms with van der Waals surface area (Å²) >= 11 is 1.98. The molecule has 2 nitrogen and oxygen atoms in total. The van der Waals surface area contributed by atoms with Crippen LogP contribution in [-0.2, 0) is 4.79 Å². The number of thioether (sulfide) groups is 1. The Morgan fingerprint density at radius 2 is 2.45 bits per heavy atom. The SMILES string of the molecule is CC(=O)CN1CCSCC1C. The van der Waals surface area contributed by atoms with Crippen molar-refractivity contribution in [1.29, 1.82) is 0 Å². The highest BCUT2D eigenvalue weighted by Gasteiger charge is 2.18. The first-order valence-electron chi connectivity index (χ1n) is 4.01. The van der Waals surface area contributed by atoms with Crippen molar-refractivity contribution in [1.82, 2.24) is 4.90 Å². The fourth-order valence-electron chi connectivity index (χ4n) is 1.28. The Morgan fingerprint density at radius 1 is 1.73 bits per heavy atom. The van der Waals surface area contributed by atoms with Crippen molar-refractivity contribution in [3.8, 4) is 0 Å². The van der Waals surface area contributed by atoms with E-state index in [4.69, 9.17) is 0 Å². The van der Waals surface area contributed by atoms with Gasteiger partial charge in [-0.2, -0.15) is 11.8 Å². The van der Waals surface area contributed by atoms with E-state index in [-0.39, 0.29) is 5.78 Å². The summed E-state index contributed by atoms with van der Waals surface area (Å²) in [5, 5.41) is 0. The minimum Gasteiger partial charge on any atom is -0.299 e. The van der Waals surface area contributed by atoms with Crippen molar-refractivity contribution < 1.29 is 4.79 Å². The second kappa shape index (κ2) is 4.12. The Labute approximate surface area is 72.3 Å². The second-order valence-corrected chi connectivity index (χ2v) is 4.25. The van der Waals surface area contributed by atoms with Crippen LogP contribution in [0.4, 0.5) is 0 Å². The molecule has 3 heteroatoms. The van der Waals surface area contributed by atoms with Gasteiger partial charge in [-0.25, -0.2) is 0 Å². The van der Waals surface area contributed by atoms with Crippen molar-refractivity contribution >= 4 is 17.5 Å². The summed E-state index contributed by atoms with van der Waals surface area (Å²) in [4.78, 5) is 13.1. The Kier molecular flexibility index (Phi) is 3.40. The molecule has 0 N–H and O–H groups in total. The molecule has 0 aromatic heterocycles. The quantitative estimate of drug-likeness (QED) is 0.621. The lowest BCUT2D eigenvalue weighted by molar-refractivity contribution is -0.118. The van der Waals surface area contributed by atoms with Gasteiger partial charge in [0.2, 0.25) is 0 Å². The van der Waals surface area contributed by atoms with E-state index in [9.17, 15) is 4.79 Å². The Morgan fingerprint density at radius 3 is 3.00 bits per heavy atom. The van der Waals surface area contributed by atoms with Crippen LogP contribution in [0.1, 0.15) is 13.8 Å². The highest BCUT2D eigenvalue weighted by atomic mass is 32.2. The first kappa shape index (κ1) is 9.07. The number of nitrogens with zero attached hydrogens (tertiary/aromatic N) is 1. The van der Waals surface area contributed by atoms with Gasteiger partial charge in [0.1, 0.15) is 5.78 Å². The zero-order valence-electron chi connectivity index (χ0n) is 7.17. The molecule has 1 aliphatic rings. The van der Waals surface area contributed by atoms with E-state index in [0.717, 1.165) is 6.54 Å². The summed E-state index contributed by atoms with van der Waals surface area (Å²) in [5.41, 5.74) is 0. The summed E-state index contributed by atoms with van der Waals surface area (Å²) < 4.78 is 0. The highest BCUT2D eigenvalue weighted by molar-refractivity contribution is 7.99. The molecular formula is C8H15NOS. The number of rotatable bonds is 2. The summed E-state index contributed by atoms with van der Waals surface area (Å²) in [7, 11) is 0. The summed E-state index contributed by atoms with van der Waals surface area (Å²) in [6, 6.07) is 0.581. The third kappa shape index (κ3) is 2.83. The largest absolute Gasteiger partial charge is 0.299 e. The molecule has 0 aromatic rings. The van der Waals surface area contributed by atoms with Gasteiger partial charge in [0.05, 0.1) is 6.54 Å². The molecule has 1 atom stereocenters. The van der Waals surface area contributed by atoms with Gasteiger partial charge in [-0.1, -0.05) is 0 Å². The van der Waals surface area contributed by atoms with Crippen LogP contribution in [0.15, 0.2) is 0 Å². The monoisotopic (exact) mass is 173 g/mol. The summed E-state index contributed by atoms with van der Waals surface area (Å²) in [5.74, 6) is 2.63. The number of carbonyl (C=O) groups is 1. The Hall–Kier alpha value is -0.0200. The molecular weight excluding hydrogens is 158 g/mol. The van der Waals surface area contributed by atoms with Crippen LogP contribution in [0, 0.1) is 0 Å². The standard InChI is InChI=1S/C8H15NOS/c1-7-6-11-4-3-9(7)5-8(2)10/h7H,3-6H2,1-2H3. The van der Waals surface area contributed by atoms with Crippen LogP contribution in [0.5, 0.6) is 0 Å². The maximum atomic E-state index is 10.8. The third-order valence-electron chi connectivity index (χ3n) is 1.93. The van der Waals surface area contributed by atoms with Crippen molar-refractivity contribution in [3.63, 3.8) is 0 Å². The van der Waals surface area contributed by atoms with Crippen molar-refractivity contribution in [2.45, 2.75) is 19.9 Å². The average Bonchev–Trinajstić information content (AvgIpc) is 1.93. The Bertz CT molecular complexity index is 149. The first-order valence-corrected chi connectivity index (χ1v) is 5.17. The molecule has 1 unspecified atom stereocenters. The first-order chi connectivity index (χ1) is 5.20. The van der Waals surface area contributed by atoms with E-state index in [0.29, 0.717) is 12.6 Å². The molecule has 64 valence electrons. The number of hydrogen-bond donors (Lipinski definition) is 0. The smallest absolute Gasteiger partial charge is 0.143 e. The Balaban J connectivity index is 2.35. The second-order valence-electron chi connectivity index (χ2n) is 3.10. The molecule has 1 aliphatic heterocycles. The van der Waals surface area contributed by atoms with E-state index in [1.165, 1.54) is 11.5 Å². The van der Waals surface area contributed by atoms with Gasteiger partial charge in [-0.15, -0.1) is 0 Å². The lowest BCUT2D eigenvalue weighted by Gasteiger charge is -2.31. The predicted molar refractivity (Wildman–Crippen MR) is 49.0 cm³/mol.